The third-order valence-corrected chi connectivity index (χ3v) is 3.55. The largest absolute Gasteiger partial charge is 0.454 e. The van der Waals surface area contributed by atoms with E-state index in [-0.39, 0.29) is 6.79 Å². The molecule has 0 N–H and O–H groups in total. The number of hydrogen-bond acceptors (Lipinski definition) is 5. The predicted octanol–water partition coefficient (Wildman–Crippen LogP) is 3.77. The Hall–Kier alpha value is -2.60. The van der Waals surface area contributed by atoms with Gasteiger partial charge in [0.2, 0.25) is 6.79 Å². The number of nitrogens with zero attached hydrogens (tertiary/aromatic N) is 1. The van der Waals surface area contributed by atoms with Crippen LogP contribution in [0.2, 0.25) is 0 Å². The average Bonchev–Trinajstić information content (AvgIpc) is 3.02. The number of benzene rings is 2. The molecule has 0 spiro atoms. The number of oxime groups is 1. The van der Waals surface area contributed by atoms with E-state index in [1.54, 1.807) is 18.2 Å². The first-order valence-electron chi connectivity index (χ1n) is 6.78. The molecule has 0 fully saturated rings. The van der Waals surface area contributed by atoms with Gasteiger partial charge in [0.15, 0.2) is 11.5 Å². The molecule has 2 aromatic rings. The molecule has 1 aliphatic heterocycles. The molecule has 0 bridgehead atoms. The summed E-state index contributed by atoms with van der Waals surface area (Å²) in [5, 5.41) is 3.66. The van der Waals surface area contributed by atoms with Gasteiger partial charge < -0.3 is 14.3 Å². The predicted molar refractivity (Wildman–Crippen MR) is 89.4 cm³/mol. The van der Waals surface area contributed by atoms with Crippen LogP contribution in [-0.2, 0) is 9.63 Å². The van der Waals surface area contributed by atoms with Gasteiger partial charge in [-0.25, -0.2) is 4.79 Å². The first kappa shape index (κ1) is 15.3. The molecule has 0 amide bonds. The topological polar surface area (TPSA) is 57.1 Å². The van der Waals surface area contributed by atoms with Crippen molar-refractivity contribution in [1.29, 1.82) is 0 Å². The molecule has 0 aliphatic carbocycles. The van der Waals surface area contributed by atoms with Gasteiger partial charge in [0.25, 0.3) is 0 Å². The highest BCUT2D eigenvalue weighted by molar-refractivity contribution is 9.10. The molecule has 0 unspecified atom stereocenters. The van der Waals surface area contributed by atoms with Crippen LogP contribution < -0.4 is 9.47 Å². The van der Waals surface area contributed by atoms with Gasteiger partial charge in [-0.3, -0.25) is 0 Å². The Morgan fingerprint density at radius 3 is 2.65 bits per heavy atom. The Morgan fingerprint density at radius 2 is 1.83 bits per heavy atom. The van der Waals surface area contributed by atoms with Crippen molar-refractivity contribution in [2.45, 2.75) is 0 Å². The van der Waals surface area contributed by atoms with E-state index >= 15 is 0 Å². The molecular formula is C17H12BrNO4. The van der Waals surface area contributed by atoms with Gasteiger partial charge in [-0.2, -0.15) is 0 Å². The van der Waals surface area contributed by atoms with Crippen molar-refractivity contribution in [3.8, 4) is 11.5 Å². The first-order valence-corrected chi connectivity index (χ1v) is 7.58. The van der Waals surface area contributed by atoms with Crippen LogP contribution in [0.4, 0.5) is 0 Å². The third kappa shape index (κ3) is 4.20. The van der Waals surface area contributed by atoms with E-state index in [0.29, 0.717) is 11.5 Å². The normalized spacial score (nSPS) is 12.9. The number of carbonyl (C=O) groups excluding carboxylic acids is 1. The Balaban J connectivity index is 1.55. The van der Waals surface area contributed by atoms with E-state index in [2.05, 4.69) is 21.1 Å². The maximum absolute atomic E-state index is 11.6. The lowest BCUT2D eigenvalue weighted by molar-refractivity contribution is -0.137. The van der Waals surface area contributed by atoms with Crippen molar-refractivity contribution in [2.75, 3.05) is 6.79 Å². The van der Waals surface area contributed by atoms with Crippen molar-refractivity contribution in [1.82, 2.24) is 0 Å². The Bertz CT molecular complexity index is 769. The van der Waals surface area contributed by atoms with Gasteiger partial charge in [0.1, 0.15) is 0 Å². The van der Waals surface area contributed by atoms with Gasteiger partial charge >= 0.3 is 5.97 Å². The molecule has 0 saturated heterocycles. The van der Waals surface area contributed by atoms with E-state index in [1.165, 1.54) is 12.3 Å². The van der Waals surface area contributed by atoms with E-state index < -0.39 is 5.97 Å². The maximum Gasteiger partial charge on any atom is 0.358 e. The minimum Gasteiger partial charge on any atom is -0.454 e. The van der Waals surface area contributed by atoms with Crippen LogP contribution in [-0.4, -0.2) is 19.0 Å². The van der Waals surface area contributed by atoms with Crippen molar-refractivity contribution in [3.05, 3.63) is 64.1 Å². The number of hydrogen-bond donors (Lipinski definition) is 0. The van der Waals surface area contributed by atoms with Crippen LogP contribution in [0.3, 0.4) is 0 Å². The summed E-state index contributed by atoms with van der Waals surface area (Å²) in [5.74, 6) is 0.800. The zero-order chi connectivity index (χ0) is 16.1. The van der Waals surface area contributed by atoms with Crippen LogP contribution in [0, 0.1) is 0 Å². The SMILES string of the molecule is O=C(C=Cc1ccc2c(c1)OCO2)ON=Cc1ccc(Br)cc1. The smallest absolute Gasteiger partial charge is 0.358 e. The molecule has 1 heterocycles. The maximum atomic E-state index is 11.6. The third-order valence-electron chi connectivity index (χ3n) is 3.02. The van der Waals surface area contributed by atoms with Gasteiger partial charge in [0.05, 0.1) is 6.21 Å². The monoisotopic (exact) mass is 373 g/mol. The molecule has 116 valence electrons. The summed E-state index contributed by atoms with van der Waals surface area (Å²) >= 11 is 3.34. The molecule has 23 heavy (non-hydrogen) atoms. The first-order chi connectivity index (χ1) is 11.2. The molecule has 5 nitrogen and oxygen atoms in total. The van der Waals surface area contributed by atoms with Crippen molar-refractivity contribution in [3.63, 3.8) is 0 Å². The molecule has 0 radical (unpaired) electrons. The number of fused-ring (bicyclic) bond motifs is 1. The lowest BCUT2D eigenvalue weighted by atomic mass is 10.2. The van der Waals surface area contributed by atoms with E-state index in [9.17, 15) is 4.79 Å². The second kappa shape index (κ2) is 7.11. The second-order valence-corrected chi connectivity index (χ2v) is 5.56. The highest BCUT2D eigenvalue weighted by atomic mass is 79.9. The van der Waals surface area contributed by atoms with Crippen LogP contribution >= 0.6 is 15.9 Å². The Kier molecular flexibility index (Phi) is 4.73. The van der Waals surface area contributed by atoms with Gasteiger partial charge in [-0.1, -0.05) is 39.3 Å². The molecule has 0 saturated carbocycles. The fraction of sp³-hybridized carbons (Fsp3) is 0.0588. The fourth-order valence-electron chi connectivity index (χ4n) is 1.90. The highest BCUT2D eigenvalue weighted by Crippen LogP contribution is 2.32. The molecule has 1 aliphatic rings. The zero-order valence-electron chi connectivity index (χ0n) is 11.9. The lowest BCUT2D eigenvalue weighted by Gasteiger charge is -1.97. The molecule has 0 atom stereocenters. The van der Waals surface area contributed by atoms with Gasteiger partial charge in [-0.15, -0.1) is 0 Å². The molecule has 0 aromatic heterocycles. The van der Waals surface area contributed by atoms with Gasteiger partial charge in [-0.05, 0) is 41.5 Å². The number of halogens is 1. The zero-order valence-corrected chi connectivity index (χ0v) is 13.5. The van der Waals surface area contributed by atoms with E-state index in [1.807, 2.05) is 30.3 Å². The second-order valence-electron chi connectivity index (χ2n) is 4.64. The summed E-state index contributed by atoms with van der Waals surface area (Å²) < 4.78 is 11.5. The van der Waals surface area contributed by atoms with Crippen molar-refractivity contribution < 1.29 is 19.1 Å². The Morgan fingerprint density at radius 1 is 1.09 bits per heavy atom. The number of ether oxygens (including phenoxy) is 2. The van der Waals surface area contributed by atoms with Crippen LogP contribution in [0.5, 0.6) is 11.5 Å². The van der Waals surface area contributed by atoms with Crippen molar-refractivity contribution in [2.24, 2.45) is 5.16 Å². The van der Waals surface area contributed by atoms with Gasteiger partial charge in [0, 0.05) is 10.5 Å². The number of rotatable bonds is 4. The summed E-state index contributed by atoms with van der Waals surface area (Å²) in [7, 11) is 0. The van der Waals surface area contributed by atoms with Crippen LogP contribution in [0.25, 0.3) is 6.08 Å². The lowest BCUT2D eigenvalue weighted by Crippen LogP contribution is -1.94. The van der Waals surface area contributed by atoms with E-state index in [0.717, 1.165) is 15.6 Å². The highest BCUT2D eigenvalue weighted by Gasteiger charge is 2.12. The number of carbonyl (C=O) groups is 1. The summed E-state index contributed by atoms with van der Waals surface area (Å²) in [5.41, 5.74) is 1.64. The fourth-order valence-corrected chi connectivity index (χ4v) is 2.16. The molecule has 3 rings (SSSR count). The standard InChI is InChI=1S/C17H12BrNO4/c18-14-5-1-13(2-6-14)10-19-23-17(20)8-4-12-3-7-15-16(9-12)22-11-21-15/h1-10H,11H2. The summed E-state index contributed by atoms with van der Waals surface area (Å²) in [4.78, 5) is 16.4. The van der Waals surface area contributed by atoms with Crippen LogP contribution in [0.15, 0.2) is 58.2 Å². The molecule has 6 heteroatoms. The minimum atomic E-state index is -0.559. The quantitative estimate of drug-likeness (QED) is 0.354. The minimum absolute atomic E-state index is 0.218. The van der Waals surface area contributed by atoms with E-state index in [4.69, 9.17) is 14.3 Å². The summed E-state index contributed by atoms with van der Waals surface area (Å²) in [6, 6.07) is 12.9. The van der Waals surface area contributed by atoms with Crippen molar-refractivity contribution >= 4 is 34.2 Å². The molecular weight excluding hydrogens is 362 g/mol. The van der Waals surface area contributed by atoms with Crippen LogP contribution in [0.1, 0.15) is 11.1 Å². The summed E-state index contributed by atoms with van der Waals surface area (Å²) in [6.45, 7) is 0.218. The molecule has 2 aromatic carbocycles. The average molecular weight is 374 g/mol. The Labute approximate surface area is 141 Å². The summed E-state index contributed by atoms with van der Waals surface area (Å²) in [6.07, 6.45) is 4.40.